The number of benzene rings is 2. The van der Waals surface area contributed by atoms with Crippen molar-refractivity contribution in [3.05, 3.63) is 59.4 Å². The zero-order valence-electron chi connectivity index (χ0n) is 9.94. The third-order valence-electron chi connectivity index (χ3n) is 4.36. The van der Waals surface area contributed by atoms with E-state index in [9.17, 15) is 4.39 Å². The maximum atomic E-state index is 12.9. The molecule has 0 amide bonds. The van der Waals surface area contributed by atoms with Crippen LogP contribution in [0.3, 0.4) is 0 Å². The second kappa shape index (κ2) is 3.42. The Balaban J connectivity index is 1.74. The summed E-state index contributed by atoms with van der Waals surface area (Å²) < 4.78 is 12.9. The van der Waals surface area contributed by atoms with Crippen LogP contribution >= 0.6 is 0 Å². The van der Waals surface area contributed by atoms with Gasteiger partial charge in [-0.2, -0.15) is 0 Å². The molecule has 2 aliphatic rings. The minimum atomic E-state index is -0.188. The van der Waals surface area contributed by atoms with E-state index in [1.165, 1.54) is 28.8 Å². The predicted molar refractivity (Wildman–Crippen MR) is 69.7 cm³/mol. The van der Waals surface area contributed by atoms with Crippen molar-refractivity contribution in [1.82, 2.24) is 0 Å². The molecule has 2 aromatic rings. The van der Waals surface area contributed by atoms with Gasteiger partial charge in [-0.15, -0.1) is 0 Å². The molecule has 2 aromatic carbocycles. The topological polar surface area (TPSA) is 26.0 Å². The fourth-order valence-electron chi connectivity index (χ4n) is 3.29. The van der Waals surface area contributed by atoms with E-state index >= 15 is 0 Å². The smallest absolute Gasteiger partial charge is 0.123 e. The van der Waals surface area contributed by atoms with Crippen LogP contribution < -0.4 is 5.73 Å². The molecule has 0 aliphatic heterocycles. The predicted octanol–water partition coefficient (Wildman–Crippen LogP) is 3.09. The van der Waals surface area contributed by atoms with Crippen LogP contribution in [-0.2, 0) is 6.42 Å². The first kappa shape index (κ1) is 10.3. The van der Waals surface area contributed by atoms with Crippen molar-refractivity contribution in [2.24, 2.45) is 11.7 Å². The number of nitrogens with two attached hydrogens (primary N) is 1. The molecule has 1 fully saturated rings. The molecule has 18 heavy (non-hydrogen) atoms. The van der Waals surface area contributed by atoms with Gasteiger partial charge in [0, 0.05) is 12.0 Å². The average Bonchev–Trinajstić information content (AvgIpc) is 2.86. The first-order chi connectivity index (χ1) is 8.74. The lowest BCUT2D eigenvalue weighted by Crippen LogP contribution is -2.08. The highest BCUT2D eigenvalue weighted by atomic mass is 19.1. The monoisotopic (exact) mass is 239 g/mol. The summed E-state index contributed by atoms with van der Waals surface area (Å²) in [4.78, 5) is 0. The molecule has 3 unspecified atom stereocenters. The minimum absolute atomic E-state index is 0.188. The van der Waals surface area contributed by atoms with E-state index < -0.39 is 0 Å². The third kappa shape index (κ3) is 1.36. The van der Waals surface area contributed by atoms with E-state index in [4.69, 9.17) is 5.73 Å². The number of halogens is 1. The summed E-state index contributed by atoms with van der Waals surface area (Å²) in [6.07, 6.45) is 1.11. The van der Waals surface area contributed by atoms with Gasteiger partial charge in [0.2, 0.25) is 0 Å². The molecule has 0 heterocycles. The molecule has 2 N–H and O–H groups in total. The highest BCUT2D eigenvalue weighted by Crippen LogP contribution is 2.55. The standard InChI is InChI=1S/C16H14FN/c17-12-4-1-9(2-5-12)10-3-6-13-11(7-10)8-14-15(13)16(14)18/h1-7,14-16H,8,18H2. The van der Waals surface area contributed by atoms with Crippen LogP contribution in [0.1, 0.15) is 17.0 Å². The first-order valence-electron chi connectivity index (χ1n) is 6.38. The lowest BCUT2D eigenvalue weighted by atomic mass is 9.98. The molecule has 0 radical (unpaired) electrons. The van der Waals surface area contributed by atoms with E-state index in [-0.39, 0.29) is 5.82 Å². The number of hydrogen-bond acceptors (Lipinski definition) is 1. The fraction of sp³-hybridized carbons (Fsp3) is 0.250. The molecular weight excluding hydrogens is 225 g/mol. The number of fused-ring (bicyclic) bond motifs is 3. The lowest BCUT2D eigenvalue weighted by molar-refractivity contribution is 0.628. The molecule has 3 atom stereocenters. The maximum Gasteiger partial charge on any atom is 0.123 e. The van der Waals surface area contributed by atoms with Crippen LogP contribution in [0.4, 0.5) is 4.39 Å². The van der Waals surface area contributed by atoms with Gasteiger partial charge < -0.3 is 5.73 Å². The molecule has 0 aromatic heterocycles. The summed E-state index contributed by atoms with van der Waals surface area (Å²) in [6.45, 7) is 0. The van der Waals surface area contributed by atoms with Crippen molar-refractivity contribution in [3.63, 3.8) is 0 Å². The quantitative estimate of drug-likeness (QED) is 0.813. The highest BCUT2D eigenvalue weighted by Gasteiger charge is 2.53. The summed E-state index contributed by atoms with van der Waals surface area (Å²) in [5.74, 6) is 1.08. The number of hydrogen-bond donors (Lipinski definition) is 1. The van der Waals surface area contributed by atoms with Gasteiger partial charge in [-0.05, 0) is 46.7 Å². The lowest BCUT2D eigenvalue weighted by Gasteiger charge is -2.08. The third-order valence-corrected chi connectivity index (χ3v) is 4.36. The Morgan fingerprint density at radius 1 is 1.00 bits per heavy atom. The van der Waals surface area contributed by atoms with Crippen molar-refractivity contribution in [2.75, 3.05) is 0 Å². The van der Waals surface area contributed by atoms with Gasteiger partial charge in [-0.3, -0.25) is 0 Å². The Morgan fingerprint density at radius 3 is 2.50 bits per heavy atom. The van der Waals surface area contributed by atoms with Crippen molar-refractivity contribution >= 4 is 0 Å². The zero-order valence-corrected chi connectivity index (χ0v) is 9.94. The van der Waals surface area contributed by atoms with Gasteiger partial charge in [0.25, 0.3) is 0 Å². The first-order valence-corrected chi connectivity index (χ1v) is 6.38. The van der Waals surface area contributed by atoms with Gasteiger partial charge in [0.1, 0.15) is 5.82 Å². The van der Waals surface area contributed by atoms with Crippen LogP contribution in [0.2, 0.25) is 0 Å². The van der Waals surface area contributed by atoms with Gasteiger partial charge in [0.15, 0.2) is 0 Å². The van der Waals surface area contributed by atoms with E-state index in [0.29, 0.717) is 17.9 Å². The summed E-state index contributed by atoms with van der Waals surface area (Å²) in [7, 11) is 0. The Kier molecular flexibility index (Phi) is 1.95. The van der Waals surface area contributed by atoms with E-state index in [1.54, 1.807) is 0 Å². The van der Waals surface area contributed by atoms with Crippen LogP contribution in [0, 0.1) is 11.7 Å². The highest BCUT2D eigenvalue weighted by molar-refractivity contribution is 5.66. The van der Waals surface area contributed by atoms with Gasteiger partial charge in [-0.25, -0.2) is 4.39 Å². The van der Waals surface area contributed by atoms with Crippen LogP contribution in [-0.4, -0.2) is 6.04 Å². The normalized spacial score (nSPS) is 27.8. The Labute approximate surface area is 105 Å². The average molecular weight is 239 g/mol. The second-order valence-electron chi connectivity index (χ2n) is 5.39. The van der Waals surface area contributed by atoms with Crippen LogP contribution in [0.5, 0.6) is 0 Å². The summed E-state index contributed by atoms with van der Waals surface area (Å²) in [6, 6.07) is 13.6. The van der Waals surface area contributed by atoms with Crippen molar-refractivity contribution in [2.45, 2.75) is 18.4 Å². The van der Waals surface area contributed by atoms with Crippen molar-refractivity contribution < 1.29 is 4.39 Å². The molecule has 90 valence electrons. The van der Waals surface area contributed by atoms with Crippen LogP contribution in [0.15, 0.2) is 42.5 Å². The molecule has 0 bridgehead atoms. The minimum Gasteiger partial charge on any atom is -0.327 e. The Morgan fingerprint density at radius 2 is 1.72 bits per heavy atom. The summed E-state index contributed by atoms with van der Waals surface area (Å²) in [5.41, 5.74) is 11.1. The summed E-state index contributed by atoms with van der Waals surface area (Å²) in [5, 5.41) is 0. The molecule has 2 heteroatoms. The zero-order chi connectivity index (χ0) is 12.3. The van der Waals surface area contributed by atoms with E-state index in [2.05, 4.69) is 18.2 Å². The maximum absolute atomic E-state index is 12.9. The Bertz CT molecular complexity index is 617. The SMILES string of the molecule is NC1C2Cc3cc(-c4ccc(F)cc4)ccc3C12. The molecule has 2 aliphatic carbocycles. The van der Waals surface area contributed by atoms with Crippen LogP contribution in [0.25, 0.3) is 11.1 Å². The van der Waals surface area contributed by atoms with Crippen molar-refractivity contribution in [1.29, 1.82) is 0 Å². The van der Waals surface area contributed by atoms with Gasteiger partial charge in [-0.1, -0.05) is 30.3 Å². The number of rotatable bonds is 1. The molecule has 0 saturated heterocycles. The molecule has 1 saturated carbocycles. The largest absolute Gasteiger partial charge is 0.327 e. The van der Waals surface area contributed by atoms with Crippen molar-refractivity contribution in [3.8, 4) is 11.1 Å². The molecule has 4 rings (SSSR count). The molecular formula is C16H14FN. The summed E-state index contributed by atoms with van der Waals surface area (Å²) >= 11 is 0. The Hall–Kier alpha value is -1.67. The molecule has 0 spiro atoms. The fourth-order valence-corrected chi connectivity index (χ4v) is 3.29. The van der Waals surface area contributed by atoms with E-state index in [1.807, 2.05) is 12.1 Å². The second-order valence-corrected chi connectivity index (χ2v) is 5.39. The van der Waals surface area contributed by atoms with Gasteiger partial charge in [0.05, 0.1) is 0 Å². The van der Waals surface area contributed by atoms with E-state index in [0.717, 1.165) is 12.0 Å². The molecule has 1 nitrogen and oxygen atoms in total. The van der Waals surface area contributed by atoms with Gasteiger partial charge >= 0.3 is 0 Å².